The van der Waals surface area contributed by atoms with Gasteiger partial charge in [-0.3, -0.25) is 9.59 Å². The van der Waals surface area contributed by atoms with Crippen LogP contribution in [0.2, 0.25) is 0 Å². The van der Waals surface area contributed by atoms with E-state index in [9.17, 15) is 14.0 Å². The third-order valence-corrected chi connectivity index (χ3v) is 6.34. The van der Waals surface area contributed by atoms with Gasteiger partial charge in [0.25, 0.3) is 0 Å². The van der Waals surface area contributed by atoms with E-state index in [4.69, 9.17) is 0 Å². The summed E-state index contributed by atoms with van der Waals surface area (Å²) < 4.78 is 13.1. The number of rotatable bonds is 3. The van der Waals surface area contributed by atoms with Gasteiger partial charge in [0, 0.05) is 12.1 Å². The first kappa shape index (κ1) is 17.5. The summed E-state index contributed by atoms with van der Waals surface area (Å²) in [4.78, 5) is 30.5. The van der Waals surface area contributed by atoms with Crippen molar-refractivity contribution in [3.05, 3.63) is 30.1 Å². The monoisotopic (exact) mass is 360 g/mol. The van der Waals surface area contributed by atoms with E-state index in [0.29, 0.717) is 13.1 Å². The number of amides is 2. The number of carbonyl (C=O) groups is 2. The lowest BCUT2D eigenvalue weighted by Crippen LogP contribution is -3.16. The molecule has 6 heteroatoms. The van der Waals surface area contributed by atoms with E-state index in [-0.39, 0.29) is 23.0 Å². The molecule has 0 bridgehead atoms. The van der Waals surface area contributed by atoms with Gasteiger partial charge < -0.3 is 9.80 Å². The molecule has 1 aromatic rings. The van der Waals surface area contributed by atoms with E-state index in [1.54, 1.807) is 12.1 Å². The highest BCUT2D eigenvalue weighted by Gasteiger charge is 2.52. The van der Waals surface area contributed by atoms with Crippen molar-refractivity contribution >= 4 is 17.5 Å². The van der Waals surface area contributed by atoms with Gasteiger partial charge in [0.1, 0.15) is 5.82 Å². The van der Waals surface area contributed by atoms with E-state index in [0.717, 1.165) is 57.5 Å². The number of nitrogens with one attached hydrogen (secondary N) is 1. The lowest BCUT2D eigenvalue weighted by Gasteiger charge is -2.35. The molecular weight excluding hydrogens is 333 g/mol. The summed E-state index contributed by atoms with van der Waals surface area (Å²) in [5, 5.41) is 0. The van der Waals surface area contributed by atoms with Crippen LogP contribution in [0.15, 0.2) is 24.3 Å². The Balaban J connectivity index is 1.35. The van der Waals surface area contributed by atoms with Crippen LogP contribution < -0.4 is 9.80 Å². The molecule has 3 aliphatic rings. The van der Waals surface area contributed by atoms with E-state index >= 15 is 0 Å². The van der Waals surface area contributed by atoms with Crippen molar-refractivity contribution in [1.29, 1.82) is 0 Å². The molecule has 2 amide bonds. The van der Waals surface area contributed by atoms with Crippen LogP contribution in [0.3, 0.4) is 0 Å². The summed E-state index contributed by atoms with van der Waals surface area (Å²) in [6.07, 6.45) is 5.48. The van der Waals surface area contributed by atoms with Gasteiger partial charge in [-0.05, 0) is 37.1 Å². The van der Waals surface area contributed by atoms with Gasteiger partial charge in [0.05, 0.1) is 31.6 Å². The fourth-order valence-corrected chi connectivity index (χ4v) is 4.75. The predicted octanol–water partition coefficient (Wildman–Crippen LogP) is 1.20. The van der Waals surface area contributed by atoms with Crippen LogP contribution in [0, 0.1) is 11.2 Å². The van der Waals surface area contributed by atoms with Gasteiger partial charge in [-0.25, -0.2) is 9.29 Å². The maximum Gasteiger partial charge on any atom is 0.240 e. The Hall–Kier alpha value is -1.95. The molecule has 3 fully saturated rings. The number of imide groups is 1. The number of hydrogen-bond donors (Lipinski definition) is 1. The van der Waals surface area contributed by atoms with E-state index in [2.05, 4.69) is 4.90 Å². The van der Waals surface area contributed by atoms with Crippen molar-refractivity contribution < 1.29 is 18.9 Å². The van der Waals surface area contributed by atoms with Gasteiger partial charge in [0.2, 0.25) is 11.8 Å². The fourth-order valence-electron chi connectivity index (χ4n) is 4.75. The number of carbonyl (C=O) groups excluding carboxylic acids is 2. The molecule has 1 aliphatic carbocycles. The minimum absolute atomic E-state index is 0.0189. The molecule has 2 aliphatic heterocycles. The zero-order valence-electron chi connectivity index (χ0n) is 15.2. The van der Waals surface area contributed by atoms with Crippen molar-refractivity contribution in [2.45, 2.75) is 38.5 Å². The number of quaternary nitrogens is 1. The molecule has 140 valence electrons. The molecule has 1 saturated carbocycles. The number of hydrogen-bond acceptors (Lipinski definition) is 3. The molecule has 0 atom stereocenters. The van der Waals surface area contributed by atoms with Crippen LogP contribution in [-0.4, -0.2) is 49.6 Å². The Bertz CT molecular complexity index is 677. The normalized spacial score (nSPS) is 23.9. The van der Waals surface area contributed by atoms with Crippen LogP contribution in [0.1, 0.15) is 38.5 Å². The largest absolute Gasteiger partial charge is 0.360 e. The first-order chi connectivity index (χ1) is 12.6. The SMILES string of the molecule is O=C1CC2(CCCCC2)C(=O)N1C[NH+]1CCN(c2ccc(F)cc2)CC1. The second kappa shape index (κ2) is 6.99. The third-order valence-electron chi connectivity index (χ3n) is 6.34. The van der Waals surface area contributed by atoms with Crippen molar-refractivity contribution in [2.75, 3.05) is 37.7 Å². The maximum absolute atomic E-state index is 13.1. The highest BCUT2D eigenvalue weighted by Crippen LogP contribution is 2.44. The van der Waals surface area contributed by atoms with Crippen molar-refractivity contribution in [3.8, 4) is 0 Å². The van der Waals surface area contributed by atoms with Gasteiger partial charge in [-0.15, -0.1) is 0 Å². The molecule has 4 rings (SSSR count). The summed E-state index contributed by atoms with van der Waals surface area (Å²) >= 11 is 0. The standard InChI is InChI=1S/C20H26FN3O2/c21-16-4-6-17(7-5-16)23-12-10-22(11-13-23)15-24-18(25)14-20(19(24)26)8-2-1-3-9-20/h4-7H,1-3,8-15H2/p+1. The molecule has 1 aromatic carbocycles. The Kier molecular flexibility index (Phi) is 4.69. The molecule has 1 N–H and O–H groups in total. The molecule has 2 saturated heterocycles. The maximum atomic E-state index is 13.1. The lowest BCUT2D eigenvalue weighted by molar-refractivity contribution is -0.908. The van der Waals surface area contributed by atoms with E-state index in [1.807, 2.05) is 0 Å². The number of benzene rings is 1. The van der Waals surface area contributed by atoms with Gasteiger partial charge in [-0.2, -0.15) is 0 Å². The van der Waals surface area contributed by atoms with Crippen molar-refractivity contribution in [3.63, 3.8) is 0 Å². The fraction of sp³-hybridized carbons (Fsp3) is 0.600. The van der Waals surface area contributed by atoms with Gasteiger partial charge in [0.15, 0.2) is 6.67 Å². The second-order valence-corrected chi connectivity index (χ2v) is 8.02. The molecule has 0 radical (unpaired) electrons. The zero-order chi connectivity index (χ0) is 18.1. The summed E-state index contributed by atoms with van der Waals surface area (Å²) in [6, 6.07) is 6.58. The van der Waals surface area contributed by atoms with Crippen LogP contribution in [0.25, 0.3) is 0 Å². The average Bonchev–Trinajstić information content (AvgIpc) is 2.88. The predicted molar refractivity (Wildman–Crippen MR) is 96.2 cm³/mol. The minimum atomic E-state index is -0.384. The Morgan fingerprint density at radius 3 is 2.31 bits per heavy atom. The van der Waals surface area contributed by atoms with Crippen LogP contribution in [0.4, 0.5) is 10.1 Å². The second-order valence-electron chi connectivity index (χ2n) is 8.02. The van der Waals surface area contributed by atoms with Gasteiger partial charge in [-0.1, -0.05) is 19.3 Å². The molecule has 5 nitrogen and oxygen atoms in total. The summed E-state index contributed by atoms with van der Waals surface area (Å²) in [5.41, 5.74) is 0.643. The molecule has 0 unspecified atom stereocenters. The molecule has 26 heavy (non-hydrogen) atoms. The Morgan fingerprint density at radius 2 is 1.65 bits per heavy atom. The van der Waals surface area contributed by atoms with Crippen molar-refractivity contribution in [2.24, 2.45) is 5.41 Å². The Morgan fingerprint density at radius 1 is 1.00 bits per heavy atom. The quantitative estimate of drug-likeness (QED) is 0.824. The first-order valence-corrected chi connectivity index (χ1v) is 9.76. The molecule has 2 heterocycles. The van der Waals surface area contributed by atoms with Gasteiger partial charge >= 0.3 is 0 Å². The van der Waals surface area contributed by atoms with Crippen LogP contribution in [0.5, 0.6) is 0 Å². The first-order valence-electron chi connectivity index (χ1n) is 9.76. The highest BCUT2D eigenvalue weighted by molar-refractivity contribution is 6.05. The average molecular weight is 360 g/mol. The smallest absolute Gasteiger partial charge is 0.240 e. The number of piperazine rings is 1. The molecule has 0 aromatic heterocycles. The summed E-state index contributed by atoms with van der Waals surface area (Å²) in [7, 11) is 0. The third kappa shape index (κ3) is 3.22. The van der Waals surface area contributed by atoms with E-state index < -0.39 is 0 Å². The number of likely N-dealkylation sites (tertiary alicyclic amines) is 1. The topological polar surface area (TPSA) is 45.1 Å². The van der Waals surface area contributed by atoms with Crippen LogP contribution >= 0.6 is 0 Å². The molecular formula is C20H27FN3O2+. The number of halogens is 1. The highest BCUT2D eigenvalue weighted by atomic mass is 19.1. The Labute approximate surface area is 153 Å². The lowest BCUT2D eigenvalue weighted by atomic mass is 9.73. The van der Waals surface area contributed by atoms with Crippen molar-refractivity contribution in [1.82, 2.24) is 4.90 Å². The van der Waals surface area contributed by atoms with E-state index in [1.165, 1.54) is 28.4 Å². The number of nitrogens with zero attached hydrogens (tertiary/aromatic N) is 2. The summed E-state index contributed by atoms with van der Waals surface area (Å²) in [6.45, 7) is 3.95. The van der Waals surface area contributed by atoms with Crippen LogP contribution in [-0.2, 0) is 9.59 Å². The molecule has 1 spiro atoms. The number of anilines is 1. The summed E-state index contributed by atoms with van der Waals surface area (Å²) in [5.74, 6) is -0.123. The zero-order valence-corrected chi connectivity index (χ0v) is 15.2. The minimum Gasteiger partial charge on any atom is -0.360 e.